The van der Waals surface area contributed by atoms with Crippen molar-refractivity contribution in [3.05, 3.63) is 94.5 Å². The molecule has 0 saturated heterocycles. The largest absolute Gasteiger partial charge is 0.491 e. The fraction of sp³-hybridized carbons (Fsp3) is 0.333. The molecule has 0 aliphatic carbocycles. The molecule has 0 spiro atoms. The summed E-state index contributed by atoms with van der Waals surface area (Å²) in [6.45, 7) is 3.58. The van der Waals surface area contributed by atoms with Crippen LogP contribution in [0.3, 0.4) is 0 Å². The minimum atomic E-state index is -0.550. The van der Waals surface area contributed by atoms with Crippen molar-refractivity contribution in [3.8, 4) is 5.75 Å². The summed E-state index contributed by atoms with van der Waals surface area (Å²) < 4.78 is 5.89. The van der Waals surface area contributed by atoms with Crippen molar-refractivity contribution < 1.29 is 9.84 Å². The van der Waals surface area contributed by atoms with Gasteiger partial charge in [0.25, 0.3) is 0 Å². The zero-order valence-corrected chi connectivity index (χ0v) is 19.1. The zero-order chi connectivity index (χ0) is 22.2. The Bertz CT molecular complexity index is 979. The van der Waals surface area contributed by atoms with Crippen molar-refractivity contribution in [1.82, 2.24) is 5.32 Å². The van der Waals surface area contributed by atoms with E-state index < -0.39 is 6.10 Å². The van der Waals surface area contributed by atoms with Crippen LogP contribution in [0.5, 0.6) is 5.75 Å². The van der Waals surface area contributed by atoms with E-state index in [1.54, 1.807) is 0 Å². The van der Waals surface area contributed by atoms with Crippen LogP contribution in [0.15, 0.2) is 72.8 Å². The third-order valence-electron chi connectivity index (χ3n) is 5.81. The van der Waals surface area contributed by atoms with Gasteiger partial charge in [-0.2, -0.15) is 0 Å². The Kier molecular flexibility index (Phi) is 8.05. The lowest BCUT2D eigenvalue weighted by atomic mass is 10.0. The molecule has 5 heteroatoms. The van der Waals surface area contributed by atoms with E-state index in [-0.39, 0.29) is 6.61 Å². The molecule has 0 aromatic heterocycles. The fourth-order valence-corrected chi connectivity index (χ4v) is 4.24. The van der Waals surface area contributed by atoms with Gasteiger partial charge in [0.15, 0.2) is 0 Å². The molecule has 2 N–H and O–H groups in total. The van der Waals surface area contributed by atoms with Gasteiger partial charge in [0.2, 0.25) is 0 Å². The first-order valence-corrected chi connectivity index (χ1v) is 11.7. The smallest absolute Gasteiger partial charge is 0.119 e. The lowest BCUT2D eigenvalue weighted by molar-refractivity contribution is 0.106. The number of anilines is 1. The first kappa shape index (κ1) is 22.7. The average Bonchev–Trinajstić information content (AvgIpc) is 2.82. The molecule has 168 valence electrons. The van der Waals surface area contributed by atoms with E-state index >= 15 is 0 Å². The number of hydrogen-bond acceptors (Lipinski definition) is 4. The van der Waals surface area contributed by atoms with Gasteiger partial charge in [-0.1, -0.05) is 54.1 Å². The highest BCUT2D eigenvalue weighted by Crippen LogP contribution is 2.31. The van der Waals surface area contributed by atoms with Crippen LogP contribution in [0, 0.1) is 0 Å². The number of aliphatic hydroxyl groups is 1. The van der Waals surface area contributed by atoms with Gasteiger partial charge in [-0.25, -0.2) is 0 Å². The van der Waals surface area contributed by atoms with Crippen molar-refractivity contribution in [2.24, 2.45) is 0 Å². The molecule has 0 radical (unpaired) electrons. The van der Waals surface area contributed by atoms with Gasteiger partial charge in [0.1, 0.15) is 18.5 Å². The average molecular weight is 451 g/mol. The maximum absolute atomic E-state index is 10.3. The van der Waals surface area contributed by atoms with Crippen LogP contribution in [0.1, 0.15) is 23.1 Å². The summed E-state index contributed by atoms with van der Waals surface area (Å²) in [5.41, 5.74) is 5.16. The number of aliphatic hydroxyl groups excluding tert-OH is 1. The Morgan fingerprint density at radius 1 is 1.00 bits per heavy atom. The first-order valence-electron chi connectivity index (χ1n) is 11.4. The molecule has 32 heavy (non-hydrogen) atoms. The quantitative estimate of drug-likeness (QED) is 0.433. The number of nitrogens with one attached hydrogen (secondary N) is 1. The number of rotatable bonds is 10. The van der Waals surface area contributed by atoms with Gasteiger partial charge in [0, 0.05) is 30.3 Å². The van der Waals surface area contributed by atoms with Gasteiger partial charge >= 0.3 is 0 Å². The minimum Gasteiger partial charge on any atom is -0.491 e. The van der Waals surface area contributed by atoms with Crippen molar-refractivity contribution in [2.45, 2.75) is 31.9 Å². The molecule has 0 amide bonds. The van der Waals surface area contributed by atoms with E-state index in [1.165, 1.54) is 22.4 Å². The molecule has 1 aliphatic rings. The lowest BCUT2D eigenvalue weighted by Crippen LogP contribution is -2.32. The SMILES string of the molecule is OC(CNCCc1ccc(Cl)cc1)COc1ccc2c(c1)CCCN2Cc1ccccc1. The second-order valence-electron chi connectivity index (χ2n) is 8.35. The number of nitrogens with zero attached hydrogens (tertiary/aromatic N) is 1. The minimum absolute atomic E-state index is 0.278. The van der Waals surface area contributed by atoms with Gasteiger partial charge < -0.3 is 20.1 Å². The van der Waals surface area contributed by atoms with Crippen molar-refractivity contribution in [2.75, 3.05) is 31.1 Å². The van der Waals surface area contributed by atoms with Crippen LogP contribution in [0.2, 0.25) is 5.02 Å². The summed E-state index contributed by atoms with van der Waals surface area (Å²) in [5.74, 6) is 0.825. The third kappa shape index (κ3) is 6.49. The van der Waals surface area contributed by atoms with Crippen LogP contribution in [-0.4, -0.2) is 37.5 Å². The van der Waals surface area contributed by atoms with Gasteiger partial charge in [-0.05, 0) is 72.8 Å². The van der Waals surface area contributed by atoms with Crippen molar-refractivity contribution in [3.63, 3.8) is 0 Å². The van der Waals surface area contributed by atoms with Crippen molar-refractivity contribution in [1.29, 1.82) is 0 Å². The van der Waals surface area contributed by atoms with E-state index in [1.807, 2.05) is 30.3 Å². The van der Waals surface area contributed by atoms with Crippen LogP contribution in [0.25, 0.3) is 0 Å². The van der Waals surface area contributed by atoms with Crippen LogP contribution >= 0.6 is 11.6 Å². The fourth-order valence-electron chi connectivity index (χ4n) is 4.11. The normalized spacial score (nSPS) is 14.1. The molecular formula is C27H31ClN2O2. The highest BCUT2D eigenvalue weighted by atomic mass is 35.5. The third-order valence-corrected chi connectivity index (χ3v) is 6.06. The second kappa shape index (κ2) is 11.4. The Hall–Kier alpha value is -2.53. The molecule has 1 aliphatic heterocycles. The number of ether oxygens (including phenoxy) is 1. The Morgan fingerprint density at radius 2 is 1.81 bits per heavy atom. The number of fused-ring (bicyclic) bond motifs is 1. The Labute approximate surface area is 195 Å². The number of halogens is 1. The molecule has 4 nitrogen and oxygen atoms in total. The molecule has 1 heterocycles. The lowest BCUT2D eigenvalue weighted by Gasteiger charge is -2.31. The van der Waals surface area contributed by atoms with E-state index in [0.29, 0.717) is 6.54 Å². The van der Waals surface area contributed by atoms with Crippen LogP contribution < -0.4 is 15.0 Å². The maximum Gasteiger partial charge on any atom is 0.119 e. The Balaban J connectivity index is 1.23. The zero-order valence-electron chi connectivity index (χ0n) is 18.3. The molecule has 0 bridgehead atoms. The highest BCUT2D eigenvalue weighted by Gasteiger charge is 2.18. The molecule has 4 rings (SSSR count). The second-order valence-corrected chi connectivity index (χ2v) is 8.78. The predicted octanol–water partition coefficient (Wildman–Crippen LogP) is 4.86. The van der Waals surface area contributed by atoms with E-state index in [0.717, 1.165) is 49.7 Å². The topological polar surface area (TPSA) is 44.7 Å². The number of hydrogen-bond donors (Lipinski definition) is 2. The summed E-state index contributed by atoms with van der Waals surface area (Å²) in [6.07, 6.45) is 2.55. The van der Waals surface area contributed by atoms with Gasteiger partial charge in [0.05, 0.1) is 0 Å². The predicted molar refractivity (Wildman–Crippen MR) is 132 cm³/mol. The molecule has 1 unspecified atom stereocenters. The molecule has 0 saturated carbocycles. The number of benzene rings is 3. The summed E-state index contributed by atoms with van der Waals surface area (Å²) in [4.78, 5) is 2.44. The maximum atomic E-state index is 10.3. The van der Waals surface area contributed by atoms with Crippen molar-refractivity contribution >= 4 is 17.3 Å². The van der Waals surface area contributed by atoms with Gasteiger partial charge in [-0.3, -0.25) is 0 Å². The van der Waals surface area contributed by atoms with Gasteiger partial charge in [-0.15, -0.1) is 0 Å². The van der Waals surface area contributed by atoms with E-state index in [4.69, 9.17) is 16.3 Å². The van der Waals surface area contributed by atoms with E-state index in [9.17, 15) is 5.11 Å². The summed E-state index contributed by atoms with van der Waals surface area (Å²) in [5, 5.41) is 14.3. The van der Waals surface area contributed by atoms with Crippen LogP contribution in [0.4, 0.5) is 5.69 Å². The van der Waals surface area contributed by atoms with Crippen LogP contribution in [-0.2, 0) is 19.4 Å². The molecule has 3 aromatic carbocycles. The summed E-state index contributed by atoms with van der Waals surface area (Å²) in [7, 11) is 0. The molecule has 1 atom stereocenters. The molecule has 0 fully saturated rings. The summed E-state index contributed by atoms with van der Waals surface area (Å²) >= 11 is 5.91. The molecule has 3 aromatic rings. The first-order chi connectivity index (χ1) is 15.7. The number of aryl methyl sites for hydroxylation is 1. The van der Waals surface area contributed by atoms with E-state index in [2.05, 4.69) is 52.7 Å². The Morgan fingerprint density at radius 3 is 2.62 bits per heavy atom. The monoisotopic (exact) mass is 450 g/mol. The standard InChI is InChI=1S/C27H31ClN2O2/c28-24-10-8-21(9-11-24)14-15-29-18-25(31)20-32-26-12-13-27-23(17-26)7-4-16-30(27)19-22-5-2-1-3-6-22/h1-3,5-6,8-13,17,25,29,31H,4,7,14-16,18-20H2. The highest BCUT2D eigenvalue weighted by molar-refractivity contribution is 6.30. The summed E-state index contributed by atoms with van der Waals surface area (Å²) in [6, 6.07) is 24.8. The molecular weight excluding hydrogens is 420 g/mol.